The van der Waals surface area contributed by atoms with Gasteiger partial charge in [-0.25, -0.2) is 5.53 Å². The predicted molar refractivity (Wildman–Crippen MR) is 95.0 cm³/mol. The van der Waals surface area contributed by atoms with E-state index in [1.807, 2.05) is 17.1 Å². The molecular formula is C19H18N4O. The van der Waals surface area contributed by atoms with Gasteiger partial charge in [0.05, 0.1) is 6.54 Å². The van der Waals surface area contributed by atoms with Crippen LogP contribution in [0.15, 0.2) is 71.8 Å². The Labute approximate surface area is 140 Å². The van der Waals surface area contributed by atoms with Crippen LogP contribution in [-0.2, 0) is 13.2 Å². The van der Waals surface area contributed by atoms with Crippen LogP contribution in [0, 0.1) is 0 Å². The fourth-order valence-electron chi connectivity index (χ4n) is 2.68. The molecule has 0 spiro atoms. The molecule has 2 N–H and O–H groups in total. The number of nitrogens with one attached hydrogen (secondary N) is 2. The maximum Gasteiger partial charge on any atom is 0.128 e. The van der Waals surface area contributed by atoms with Gasteiger partial charge in [-0.2, -0.15) is 5.10 Å². The van der Waals surface area contributed by atoms with E-state index in [0.29, 0.717) is 6.61 Å². The Kier molecular flexibility index (Phi) is 4.00. The maximum absolute atomic E-state index is 5.90. The lowest BCUT2D eigenvalue weighted by molar-refractivity contribution is 0.292. The van der Waals surface area contributed by atoms with Crippen LogP contribution in [0.5, 0.6) is 5.75 Å². The third-order valence-corrected chi connectivity index (χ3v) is 3.95. The highest BCUT2D eigenvalue weighted by atomic mass is 16.5. The van der Waals surface area contributed by atoms with Crippen LogP contribution in [0.25, 0.3) is 10.8 Å². The van der Waals surface area contributed by atoms with Crippen molar-refractivity contribution < 1.29 is 4.74 Å². The van der Waals surface area contributed by atoms with Crippen LogP contribution < -0.4 is 15.8 Å². The predicted octanol–water partition coefficient (Wildman–Crippen LogP) is 3.19. The first-order chi connectivity index (χ1) is 11.9. The summed E-state index contributed by atoms with van der Waals surface area (Å²) in [6.07, 6.45) is 1.71. The van der Waals surface area contributed by atoms with E-state index in [0.717, 1.165) is 12.3 Å². The first kappa shape index (κ1) is 14.5. The van der Waals surface area contributed by atoms with Crippen LogP contribution in [0.2, 0.25) is 0 Å². The highest BCUT2D eigenvalue weighted by molar-refractivity contribution is 5.82. The topological polar surface area (TPSA) is 48.9 Å². The average molecular weight is 318 g/mol. The molecule has 0 amide bonds. The Morgan fingerprint density at radius 2 is 1.67 bits per heavy atom. The number of fused-ring (bicyclic) bond motifs is 1. The molecule has 0 radical (unpaired) electrons. The molecule has 0 fully saturated rings. The van der Waals surface area contributed by atoms with Gasteiger partial charge in [0, 0.05) is 0 Å². The molecule has 5 heteroatoms. The lowest BCUT2D eigenvalue weighted by atomic mass is 10.1. The van der Waals surface area contributed by atoms with Gasteiger partial charge >= 0.3 is 0 Å². The smallest absolute Gasteiger partial charge is 0.128 e. The van der Waals surface area contributed by atoms with Crippen molar-refractivity contribution in [1.29, 1.82) is 0 Å². The fraction of sp³-hybridized carbons (Fsp3) is 0.105. The Balaban J connectivity index is 1.38. The van der Waals surface area contributed by atoms with Crippen LogP contribution in [0.3, 0.4) is 0 Å². The van der Waals surface area contributed by atoms with E-state index in [1.165, 1.54) is 21.9 Å². The van der Waals surface area contributed by atoms with Crippen LogP contribution in [0.1, 0.15) is 11.1 Å². The molecule has 0 atom stereocenters. The third-order valence-electron chi connectivity index (χ3n) is 3.95. The van der Waals surface area contributed by atoms with Crippen LogP contribution in [0.4, 0.5) is 0 Å². The molecule has 1 heterocycles. The van der Waals surface area contributed by atoms with Crippen molar-refractivity contribution in [2.24, 2.45) is 5.10 Å². The van der Waals surface area contributed by atoms with E-state index in [-0.39, 0.29) is 0 Å². The Morgan fingerprint density at radius 3 is 2.46 bits per heavy atom. The normalized spacial score (nSPS) is 13.2. The van der Waals surface area contributed by atoms with Crippen LogP contribution >= 0.6 is 0 Å². The van der Waals surface area contributed by atoms with E-state index < -0.39 is 0 Å². The first-order valence-corrected chi connectivity index (χ1v) is 7.87. The molecule has 0 aliphatic carbocycles. The van der Waals surface area contributed by atoms with Gasteiger partial charge in [-0.3, -0.25) is 5.01 Å². The van der Waals surface area contributed by atoms with E-state index in [2.05, 4.69) is 70.8 Å². The Hall–Kier alpha value is -3.05. The zero-order valence-electron chi connectivity index (χ0n) is 13.1. The summed E-state index contributed by atoms with van der Waals surface area (Å²) in [6, 6.07) is 22.9. The lowest BCUT2D eigenvalue weighted by Gasteiger charge is -2.13. The molecule has 0 aromatic heterocycles. The van der Waals surface area contributed by atoms with Crippen molar-refractivity contribution in [1.82, 2.24) is 16.1 Å². The first-order valence-electron chi connectivity index (χ1n) is 7.87. The zero-order chi connectivity index (χ0) is 16.2. The standard InChI is InChI=1S/C19H18N4O/c1-2-4-18-11-16(5-8-17(18)3-1)13-24-19-9-6-15(7-10-19)12-23-14-20-21-22-23/h1-11,14,21-22H,12-13H2. The summed E-state index contributed by atoms with van der Waals surface area (Å²) in [5.74, 6) is 0.869. The van der Waals surface area contributed by atoms with Gasteiger partial charge in [0.2, 0.25) is 0 Å². The molecule has 120 valence electrons. The van der Waals surface area contributed by atoms with Crippen molar-refractivity contribution in [2.75, 3.05) is 0 Å². The van der Waals surface area contributed by atoms with Crippen molar-refractivity contribution in [3.8, 4) is 5.75 Å². The summed E-state index contributed by atoms with van der Waals surface area (Å²) < 4.78 is 5.90. The van der Waals surface area contributed by atoms with Gasteiger partial charge in [-0.1, -0.05) is 48.5 Å². The number of ether oxygens (including phenoxy) is 1. The number of nitrogens with zero attached hydrogens (tertiary/aromatic N) is 2. The van der Waals surface area contributed by atoms with Gasteiger partial charge in [-0.05, 0) is 40.1 Å². The highest BCUT2D eigenvalue weighted by Gasteiger charge is 2.05. The molecule has 5 nitrogen and oxygen atoms in total. The Morgan fingerprint density at radius 1 is 0.875 bits per heavy atom. The summed E-state index contributed by atoms with van der Waals surface area (Å²) in [4.78, 5) is 0. The second kappa shape index (κ2) is 6.60. The summed E-state index contributed by atoms with van der Waals surface area (Å²) in [5, 5.41) is 8.23. The molecular weight excluding hydrogens is 300 g/mol. The molecule has 24 heavy (non-hydrogen) atoms. The summed E-state index contributed by atoms with van der Waals surface area (Å²) in [6.45, 7) is 1.30. The molecule has 0 saturated heterocycles. The van der Waals surface area contributed by atoms with Crippen molar-refractivity contribution in [3.05, 3.63) is 77.9 Å². The summed E-state index contributed by atoms with van der Waals surface area (Å²) in [7, 11) is 0. The van der Waals surface area contributed by atoms with Crippen molar-refractivity contribution >= 4 is 17.1 Å². The van der Waals surface area contributed by atoms with E-state index >= 15 is 0 Å². The highest BCUT2D eigenvalue weighted by Crippen LogP contribution is 2.18. The third kappa shape index (κ3) is 3.31. The molecule has 0 bridgehead atoms. The zero-order valence-corrected chi connectivity index (χ0v) is 13.1. The van der Waals surface area contributed by atoms with Gasteiger partial charge in [0.25, 0.3) is 0 Å². The lowest BCUT2D eigenvalue weighted by Crippen LogP contribution is -2.36. The number of hydrazone groups is 1. The van der Waals surface area contributed by atoms with Crippen molar-refractivity contribution in [2.45, 2.75) is 13.2 Å². The minimum Gasteiger partial charge on any atom is -0.489 e. The molecule has 1 aliphatic heterocycles. The monoisotopic (exact) mass is 318 g/mol. The van der Waals surface area contributed by atoms with Gasteiger partial charge in [0.15, 0.2) is 0 Å². The SMILES string of the molecule is C1=NNNN1Cc1ccc(OCc2ccc3ccccc3c2)cc1. The summed E-state index contributed by atoms with van der Waals surface area (Å²) in [5.41, 5.74) is 7.93. The largest absolute Gasteiger partial charge is 0.489 e. The number of hydrogen-bond donors (Lipinski definition) is 2. The van der Waals surface area contributed by atoms with Gasteiger partial charge in [-0.15, -0.1) is 5.53 Å². The molecule has 3 aromatic carbocycles. The minimum atomic E-state index is 0.564. The number of hydrogen-bond acceptors (Lipinski definition) is 5. The average Bonchev–Trinajstić information content (AvgIpc) is 3.14. The maximum atomic E-state index is 5.90. The van der Waals surface area contributed by atoms with Crippen LogP contribution in [-0.4, -0.2) is 11.3 Å². The van der Waals surface area contributed by atoms with E-state index in [4.69, 9.17) is 4.74 Å². The minimum absolute atomic E-state index is 0.564. The molecule has 3 aromatic rings. The molecule has 4 rings (SSSR count). The molecule has 1 aliphatic rings. The quantitative estimate of drug-likeness (QED) is 0.758. The van der Waals surface area contributed by atoms with E-state index in [9.17, 15) is 0 Å². The van der Waals surface area contributed by atoms with Crippen molar-refractivity contribution in [3.63, 3.8) is 0 Å². The Bertz CT molecular complexity index is 861. The van der Waals surface area contributed by atoms with E-state index in [1.54, 1.807) is 6.34 Å². The second-order valence-electron chi connectivity index (χ2n) is 5.71. The fourth-order valence-corrected chi connectivity index (χ4v) is 2.68. The van der Waals surface area contributed by atoms with Gasteiger partial charge in [0.1, 0.15) is 18.7 Å². The molecule has 0 saturated carbocycles. The second-order valence-corrected chi connectivity index (χ2v) is 5.71. The molecule has 0 unspecified atom stereocenters. The summed E-state index contributed by atoms with van der Waals surface area (Å²) >= 11 is 0. The number of benzene rings is 3. The van der Waals surface area contributed by atoms with Gasteiger partial charge < -0.3 is 4.74 Å². The number of hydrazine groups is 2. The number of rotatable bonds is 5.